The predicted molar refractivity (Wildman–Crippen MR) is 110 cm³/mol. The van der Waals surface area contributed by atoms with Gasteiger partial charge in [-0.2, -0.15) is 10.2 Å². The van der Waals surface area contributed by atoms with E-state index in [1.165, 1.54) is 5.56 Å². The van der Waals surface area contributed by atoms with E-state index in [0.717, 1.165) is 37.2 Å². The standard InChI is InChI=1S/C22H21N3OS/c23-16-20-22(26-21(24-20)9-8-19-7-4-14-27-19)25-12-10-18(11-13-25)15-17-5-2-1-3-6-17/h1-9,14,18H,10-13,15H2/b9-8+. The number of hydrogen-bond donors (Lipinski definition) is 0. The summed E-state index contributed by atoms with van der Waals surface area (Å²) in [4.78, 5) is 7.63. The predicted octanol–water partition coefficient (Wildman–Crippen LogP) is 5.24. The van der Waals surface area contributed by atoms with Crippen molar-refractivity contribution in [1.29, 1.82) is 5.26 Å². The first-order valence-corrected chi connectivity index (χ1v) is 10.1. The smallest absolute Gasteiger partial charge is 0.235 e. The largest absolute Gasteiger partial charge is 0.420 e. The lowest BCUT2D eigenvalue weighted by atomic mass is 9.90. The van der Waals surface area contributed by atoms with Crippen LogP contribution < -0.4 is 4.90 Å². The van der Waals surface area contributed by atoms with Crippen molar-refractivity contribution < 1.29 is 4.42 Å². The van der Waals surface area contributed by atoms with Crippen molar-refractivity contribution in [2.24, 2.45) is 5.92 Å². The highest BCUT2D eigenvalue weighted by atomic mass is 32.1. The third-order valence-electron chi connectivity index (χ3n) is 4.93. The molecule has 1 saturated heterocycles. The number of piperidine rings is 1. The number of anilines is 1. The molecule has 0 N–H and O–H groups in total. The van der Waals surface area contributed by atoms with E-state index >= 15 is 0 Å². The van der Waals surface area contributed by atoms with Gasteiger partial charge in [-0.3, -0.25) is 0 Å². The number of oxazole rings is 1. The molecule has 136 valence electrons. The second kappa shape index (κ2) is 8.24. The number of benzene rings is 1. The van der Waals surface area contributed by atoms with E-state index in [9.17, 15) is 5.26 Å². The number of thiophene rings is 1. The fourth-order valence-corrected chi connectivity index (χ4v) is 4.13. The Morgan fingerprint density at radius 1 is 1.15 bits per heavy atom. The first-order valence-electron chi connectivity index (χ1n) is 9.23. The third kappa shape index (κ3) is 4.29. The van der Waals surface area contributed by atoms with E-state index in [-0.39, 0.29) is 0 Å². The lowest BCUT2D eigenvalue weighted by Gasteiger charge is -2.31. The lowest BCUT2D eigenvalue weighted by molar-refractivity contribution is 0.387. The zero-order chi connectivity index (χ0) is 18.5. The zero-order valence-corrected chi connectivity index (χ0v) is 15.9. The summed E-state index contributed by atoms with van der Waals surface area (Å²) >= 11 is 1.66. The molecule has 1 aliphatic rings. The van der Waals surface area contributed by atoms with Crippen LogP contribution in [0.1, 0.15) is 34.9 Å². The van der Waals surface area contributed by atoms with Crippen LogP contribution in [-0.2, 0) is 6.42 Å². The van der Waals surface area contributed by atoms with E-state index in [2.05, 4.69) is 46.3 Å². The Hall–Kier alpha value is -2.84. The summed E-state index contributed by atoms with van der Waals surface area (Å²) in [5, 5.41) is 11.5. The summed E-state index contributed by atoms with van der Waals surface area (Å²) in [6, 6.07) is 16.9. The van der Waals surface area contributed by atoms with Gasteiger partial charge in [0, 0.05) is 24.0 Å². The summed E-state index contributed by atoms with van der Waals surface area (Å²) in [5.41, 5.74) is 1.77. The van der Waals surface area contributed by atoms with Crippen LogP contribution in [-0.4, -0.2) is 18.1 Å². The fraction of sp³-hybridized carbons (Fsp3) is 0.273. The molecule has 0 bridgehead atoms. The molecule has 4 nitrogen and oxygen atoms in total. The van der Waals surface area contributed by atoms with Gasteiger partial charge in [-0.25, -0.2) is 0 Å². The molecule has 0 spiro atoms. The number of nitrogens with zero attached hydrogens (tertiary/aromatic N) is 3. The van der Waals surface area contributed by atoms with E-state index in [1.807, 2.05) is 29.7 Å². The Balaban J connectivity index is 1.41. The minimum atomic E-state index is 0.377. The molecule has 3 aromatic rings. The number of rotatable bonds is 5. The topological polar surface area (TPSA) is 53.1 Å². The Labute approximate surface area is 163 Å². The second-order valence-corrected chi connectivity index (χ2v) is 7.77. The summed E-state index contributed by atoms with van der Waals surface area (Å²) in [5.74, 6) is 1.78. The summed E-state index contributed by atoms with van der Waals surface area (Å²) < 4.78 is 5.91. The number of hydrogen-bond acceptors (Lipinski definition) is 5. The first kappa shape index (κ1) is 17.6. The van der Waals surface area contributed by atoms with Crippen molar-refractivity contribution in [3.63, 3.8) is 0 Å². The lowest BCUT2D eigenvalue weighted by Crippen LogP contribution is -2.34. The first-order chi connectivity index (χ1) is 13.3. The highest BCUT2D eigenvalue weighted by Gasteiger charge is 2.25. The van der Waals surface area contributed by atoms with Crippen LogP contribution in [0.3, 0.4) is 0 Å². The van der Waals surface area contributed by atoms with Gasteiger partial charge in [-0.05, 0) is 48.3 Å². The van der Waals surface area contributed by atoms with Gasteiger partial charge in [-0.15, -0.1) is 11.3 Å². The summed E-state index contributed by atoms with van der Waals surface area (Å²) in [7, 11) is 0. The van der Waals surface area contributed by atoms with E-state index < -0.39 is 0 Å². The highest BCUT2D eigenvalue weighted by molar-refractivity contribution is 7.10. The molecular weight excluding hydrogens is 354 g/mol. The average Bonchev–Trinajstić information content (AvgIpc) is 3.37. The second-order valence-electron chi connectivity index (χ2n) is 6.79. The van der Waals surface area contributed by atoms with Crippen LogP contribution in [0.2, 0.25) is 0 Å². The van der Waals surface area contributed by atoms with Crippen LogP contribution >= 0.6 is 11.3 Å². The average molecular weight is 375 g/mol. The van der Waals surface area contributed by atoms with Crippen molar-refractivity contribution >= 4 is 29.4 Å². The molecular formula is C22H21N3OS. The molecule has 27 heavy (non-hydrogen) atoms. The molecule has 2 aromatic heterocycles. The molecule has 0 amide bonds. The van der Waals surface area contributed by atoms with Gasteiger partial charge >= 0.3 is 0 Å². The minimum Gasteiger partial charge on any atom is -0.420 e. The van der Waals surface area contributed by atoms with Crippen molar-refractivity contribution in [1.82, 2.24) is 4.98 Å². The number of aromatic nitrogens is 1. The van der Waals surface area contributed by atoms with E-state index in [4.69, 9.17) is 4.42 Å². The molecule has 1 aromatic carbocycles. The molecule has 3 heterocycles. The molecule has 1 aliphatic heterocycles. The van der Waals surface area contributed by atoms with Gasteiger partial charge < -0.3 is 9.32 Å². The van der Waals surface area contributed by atoms with Crippen LogP contribution in [0, 0.1) is 17.2 Å². The van der Waals surface area contributed by atoms with Gasteiger partial charge in [0.05, 0.1) is 0 Å². The van der Waals surface area contributed by atoms with Gasteiger partial charge in [0.1, 0.15) is 6.07 Å². The van der Waals surface area contributed by atoms with Gasteiger partial charge in [0.2, 0.25) is 17.5 Å². The van der Waals surface area contributed by atoms with Gasteiger partial charge in [-0.1, -0.05) is 36.4 Å². The Morgan fingerprint density at radius 3 is 2.67 bits per heavy atom. The molecule has 0 aliphatic carbocycles. The molecule has 0 radical (unpaired) electrons. The van der Waals surface area contributed by atoms with Crippen molar-refractivity contribution in [2.75, 3.05) is 18.0 Å². The number of nitriles is 1. The Morgan fingerprint density at radius 2 is 1.96 bits per heavy atom. The molecule has 5 heteroatoms. The monoisotopic (exact) mass is 375 g/mol. The molecule has 0 unspecified atom stereocenters. The van der Waals surface area contributed by atoms with Gasteiger partial charge in [0.15, 0.2) is 0 Å². The van der Waals surface area contributed by atoms with Crippen LogP contribution in [0.4, 0.5) is 5.88 Å². The normalized spacial score (nSPS) is 15.3. The summed E-state index contributed by atoms with van der Waals surface area (Å²) in [6.07, 6.45) is 7.11. The van der Waals surface area contributed by atoms with Crippen LogP contribution in [0.15, 0.2) is 52.3 Å². The highest BCUT2D eigenvalue weighted by Crippen LogP contribution is 2.29. The van der Waals surface area contributed by atoms with Crippen LogP contribution in [0.5, 0.6) is 0 Å². The molecule has 0 saturated carbocycles. The van der Waals surface area contributed by atoms with Crippen molar-refractivity contribution in [3.8, 4) is 6.07 Å². The molecule has 0 atom stereocenters. The van der Waals surface area contributed by atoms with Gasteiger partial charge in [0.25, 0.3) is 0 Å². The SMILES string of the molecule is N#Cc1nc(/C=C/c2cccs2)oc1N1CCC(Cc2ccccc2)CC1. The Kier molecular flexibility index (Phi) is 5.36. The molecule has 1 fully saturated rings. The maximum Gasteiger partial charge on any atom is 0.235 e. The maximum absolute atomic E-state index is 9.44. The maximum atomic E-state index is 9.44. The van der Waals surface area contributed by atoms with E-state index in [1.54, 1.807) is 11.3 Å². The zero-order valence-electron chi connectivity index (χ0n) is 15.0. The molecule has 4 rings (SSSR count). The quantitative estimate of drug-likeness (QED) is 0.612. The van der Waals surface area contributed by atoms with Crippen molar-refractivity contribution in [2.45, 2.75) is 19.3 Å². The summed E-state index contributed by atoms with van der Waals surface area (Å²) in [6.45, 7) is 1.80. The van der Waals surface area contributed by atoms with Crippen LogP contribution in [0.25, 0.3) is 12.2 Å². The Bertz CT molecular complexity index is 930. The third-order valence-corrected chi connectivity index (χ3v) is 5.77. The van der Waals surface area contributed by atoms with E-state index in [0.29, 0.717) is 23.4 Å². The minimum absolute atomic E-state index is 0.377. The fourth-order valence-electron chi connectivity index (χ4n) is 3.51. The van der Waals surface area contributed by atoms with Crippen molar-refractivity contribution in [3.05, 3.63) is 69.9 Å².